The topological polar surface area (TPSA) is 39.4 Å². The summed E-state index contributed by atoms with van der Waals surface area (Å²) < 4.78 is 7.52. The van der Waals surface area contributed by atoms with Crippen molar-refractivity contribution in [2.45, 2.75) is 6.10 Å². The molecule has 82 valence electrons. The van der Waals surface area contributed by atoms with Crippen LogP contribution in [0.5, 0.6) is 0 Å². The molecule has 0 saturated heterocycles. The number of aromatic nitrogens is 2. The van der Waals surface area contributed by atoms with Gasteiger partial charge in [0.25, 0.3) is 0 Å². The maximum absolute atomic E-state index is 5.64. The average molecular weight is 215 g/mol. The molecule has 0 aliphatic carbocycles. The Balaban J connectivity index is 2.01. The van der Waals surface area contributed by atoms with Gasteiger partial charge in [-0.15, -0.1) is 0 Å². The lowest BCUT2D eigenvalue weighted by Crippen LogP contribution is -2.14. The van der Waals surface area contributed by atoms with E-state index < -0.39 is 0 Å². The van der Waals surface area contributed by atoms with E-state index in [4.69, 9.17) is 4.74 Å². The van der Waals surface area contributed by atoms with Crippen LogP contribution >= 0.6 is 0 Å². The van der Waals surface area contributed by atoms with Crippen molar-refractivity contribution in [3.05, 3.63) is 30.0 Å². The van der Waals surface area contributed by atoms with Gasteiger partial charge in [0.2, 0.25) is 0 Å². The van der Waals surface area contributed by atoms with E-state index in [1.807, 2.05) is 24.1 Å². The van der Waals surface area contributed by atoms with Crippen LogP contribution in [0.25, 0.3) is 10.9 Å². The molecule has 4 heteroatoms. The number of rotatable bonds is 1. The first-order valence-corrected chi connectivity index (χ1v) is 5.36. The van der Waals surface area contributed by atoms with Gasteiger partial charge in [-0.1, -0.05) is 6.07 Å². The van der Waals surface area contributed by atoms with Crippen LogP contribution < -0.4 is 0 Å². The maximum atomic E-state index is 5.64. The molecule has 1 aliphatic heterocycles. The molecule has 0 saturated carbocycles. The van der Waals surface area contributed by atoms with E-state index in [-0.39, 0.29) is 6.10 Å². The minimum absolute atomic E-state index is 0.0922. The fourth-order valence-corrected chi connectivity index (χ4v) is 2.02. The van der Waals surface area contributed by atoms with Gasteiger partial charge in [0.15, 0.2) is 0 Å². The van der Waals surface area contributed by atoms with Gasteiger partial charge in [-0.25, -0.2) is 0 Å². The smallest absolute Gasteiger partial charge is 0.102 e. The van der Waals surface area contributed by atoms with Crippen LogP contribution in [-0.4, -0.2) is 29.1 Å². The van der Waals surface area contributed by atoms with Gasteiger partial charge in [0.05, 0.1) is 24.9 Å². The second kappa shape index (κ2) is 3.72. The van der Waals surface area contributed by atoms with E-state index in [1.54, 1.807) is 0 Å². The van der Waals surface area contributed by atoms with E-state index >= 15 is 0 Å². The first-order chi connectivity index (χ1) is 7.84. The van der Waals surface area contributed by atoms with Gasteiger partial charge in [0.1, 0.15) is 6.10 Å². The second-order valence-electron chi connectivity index (χ2n) is 3.96. The quantitative estimate of drug-likeness (QED) is 0.726. The number of fused-ring (bicyclic) bond motifs is 1. The predicted octanol–water partition coefficient (Wildman–Crippen LogP) is 1.72. The highest BCUT2D eigenvalue weighted by atomic mass is 16.5. The zero-order valence-electron chi connectivity index (χ0n) is 9.13. The molecule has 2 heterocycles. The van der Waals surface area contributed by atoms with Gasteiger partial charge in [0, 0.05) is 18.6 Å². The van der Waals surface area contributed by atoms with E-state index in [2.05, 4.69) is 28.3 Å². The molecule has 1 aromatic heterocycles. The number of hydrogen-bond acceptors (Lipinski definition) is 3. The summed E-state index contributed by atoms with van der Waals surface area (Å²) in [5.74, 6) is 0. The van der Waals surface area contributed by atoms with Crippen LogP contribution in [0.1, 0.15) is 11.7 Å². The lowest BCUT2D eigenvalue weighted by molar-refractivity contribution is 0.0825. The highest BCUT2D eigenvalue weighted by Gasteiger charge is 2.14. The van der Waals surface area contributed by atoms with Crippen molar-refractivity contribution in [2.75, 3.05) is 13.2 Å². The van der Waals surface area contributed by atoms with E-state index in [0.717, 1.165) is 10.9 Å². The van der Waals surface area contributed by atoms with Crippen molar-refractivity contribution in [2.24, 2.45) is 12.0 Å². The molecule has 1 aliphatic rings. The molecule has 2 aromatic rings. The maximum Gasteiger partial charge on any atom is 0.102 e. The minimum atomic E-state index is 0.0922. The molecule has 0 bridgehead atoms. The zero-order chi connectivity index (χ0) is 11.0. The molecule has 4 nitrogen and oxygen atoms in total. The van der Waals surface area contributed by atoms with Crippen molar-refractivity contribution in [1.82, 2.24) is 9.78 Å². The summed E-state index contributed by atoms with van der Waals surface area (Å²) >= 11 is 0. The molecule has 0 fully saturated rings. The Hall–Kier alpha value is -1.68. The fraction of sp³-hybridized carbons (Fsp3) is 0.333. The number of hydrogen-bond donors (Lipinski definition) is 0. The molecule has 0 radical (unpaired) electrons. The number of nitrogens with zero attached hydrogens (tertiary/aromatic N) is 3. The van der Waals surface area contributed by atoms with E-state index in [9.17, 15) is 0 Å². The third-order valence-corrected chi connectivity index (χ3v) is 2.91. The molecule has 3 rings (SSSR count). The van der Waals surface area contributed by atoms with Crippen LogP contribution in [-0.2, 0) is 11.8 Å². The number of benzene rings is 1. The van der Waals surface area contributed by atoms with E-state index in [1.165, 1.54) is 5.56 Å². The summed E-state index contributed by atoms with van der Waals surface area (Å²) in [6.45, 7) is 1.32. The summed E-state index contributed by atoms with van der Waals surface area (Å²) in [4.78, 5) is 4.25. The lowest BCUT2D eigenvalue weighted by atomic mass is 10.1. The summed E-state index contributed by atoms with van der Waals surface area (Å²) in [6, 6.07) is 6.31. The lowest BCUT2D eigenvalue weighted by Gasteiger charge is -2.18. The van der Waals surface area contributed by atoms with Crippen LogP contribution in [0.2, 0.25) is 0 Å². The molecule has 16 heavy (non-hydrogen) atoms. The van der Waals surface area contributed by atoms with Gasteiger partial charge in [-0.2, -0.15) is 5.10 Å². The van der Waals surface area contributed by atoms with Crippen LogP contribution in [0, 0.1) is 0 Å². The SMILES string of the molecule is Cn1ncc2cc(C3CN=CCO3)ccc21. The number of aliphatic imine (C=N–C) groups is 1. The molecule has 1 unspecified atom stereocenters. The first kappa shape index (κ1) is 9.54. The summed E-state index contributed by atoms with van der Waals surface area (Å²) in [6.07, 6.45) is 3.79. The van der Waals surface area contributed by atoms with Crippen LogP contribution in [0.15, 0.2) is 29.4 Å². The monoisotopic (exact) mass is 215 g/mol. The van der Waals surface area contributed by atoms with Gasteiger partial charge in [-0.05, 0) is 17.7 Å². The third kappa shape index (κ3) is 1.51. The molecule has 0 amide bonds. The number of aryl methyl sites for hydroxylation is 1. The molecular weight excluding hydrogens is 202 g/mol. The predicted molar refractivity (Wildman–Crippen MR) is 62.8 cm³/mol. The third-order valence-electron chi connectivity index (χ3n) is 2.91. The second-order valence-corrected chi connectivity index (χ2v) is 3.96. The summed E-state index contributed by atoms with van der Waals surface area (Å²) in [5.41, 5.74) is 2.32. The van der Waals surface area contributed by atoms with Crippen LogP contribution in [0.3, 0.4) is 0 Å². The fourth-order valence-electron chi connectivity index (χ4n) is 2.02. The Morgan fingerprint density at radius 1 is 1.44 bits per heavy atom. The van der Waals surface area contributed by atoms with Crippen LogP contribution in [0.4, 0.5) is 0 Å². The summed E-state index contributed by atoms with van der Waals surface area (Å²) in [7, 11) is 1.95. The van der Waals surface area contributed by atoms with Gasteiger partial charge < -0.3 is 4.74 Å². The standard InChI is InChI=1S/C12H13N3O/c1-15-11-3-2-9(6-10(11)7-14-15)12-8-13-4-5-16-12/h2-4,6-7,12H,5,8H2,1H3. The summed E-state index contributed by atoms with van der Waals surface area (Å²) in [5, 5.41) is 5.38. The molecular formula is C12H13N3O. The van der Waals surface area contributed by atoms with Crippen molar-refractivity contribution in [1.29, 1.82) is 0 Å². The highest BCUT2D eigenvalue weighted by Crippen LogP contribution is 2.23. The largest absolute Gasteiger partial charge is 0.366 e. The molecule has 1 aromatic carbocycles. The van der Waals surface area contributed by atoms with Crippen molar-refractivity contribution in [3.63, 3.8) is 0 Å². The minimum Gasteiger partial charge on any atom is -0.366 e. The Bertz CT molecular complexity index is 544. The number of ether oxygens (including phenoxy) is 1. The zero-order valence-corrected chi connectivity index (χ0v) is 9.13. The first-order valence-electron chi connectivity index (χ1n) is 5.36. The highest BCUT2D eigenvalue weighted by molar-refractivity contribution is 5.79. The average Bonchev–Trinajstić information content (AvgIpc) is 2.72. The Kier molecular flexibility index (Phi) is 2.22. The van der Waals surface area contributed by atoms with Gasteiger partial charge in [-0.3, -0.25) is 9.67 Å². The Morgan fingerprint density at radius 3 is 3.19 bits per heavy atom. The molecule has 0 N–H and O–H groups in total. The van der Waals surface area contributed by atoms with E-state index in [0.29, 0.717) is 13.2 Å². The Morgan fingerprint density at radius 2 is 2.38 bits per heavy atom. The van der Waals surface area contributed by atoms with Crippen molar-refractivity contribution in [3.8, 4) is 0 Å². The normalized spacial score (nSPS) is 20.4. The molecule has 1 atom stereocenters. The van der Waals surface area contributed by atoms with Crippen molar-refractivity contribution < 1.29 is 4.74 Å². The molecule has 0 spiro atoms. The van der Waals surface area contributed by atoms with Crippen molar-refractivity contribution >= 4 is 17.1 Å². The van der Waals surface area contributed by atoms with Gasteiger partial charge >= 0.3 is 0 Å². The Labute approximate surface area is 93.5 Å².